The Labute approximate surface area is 359 Å². The lowest BCUT2D eigenvalue weighted by molar-refractivity contribution is -0.217. The molecule has 19 nitrogen and oxygen atoms in total. The molecule has 1 spiro atoms. The zero-order valence-electron chi connectivity index (χ0n) is 36.4. The number of nitrogens with zero attached hydrogens (tertiary/aromatic N) is 5. The van der Waals surface area contributed by atoms with E-state index in [1.165, 1.54) is 10.9 Å². The fourth-order valence-electron chi connectivity index (χ4n) is 7.14. The van der Waals surface area contributed by atoms with E-state index in [-0.39, 0.29) is 41.2 Å². The number of carbonyl (C=O) groups excluding carboxylic acids is 4. The largest absolute Gasteiger partial charge is 0.457 e. The number of ether oxygens (including phenoxy) is 7. The Balaban J connectivity index is 1.38. The van der Waals surface area contributed by atoms with Crippen LogP contribution in [0.2, 0.25) is 5.28 Å². The number of hydrogen-bond donors (Lipinski definition) is 3. The highest BCUT2D eigenvalue weighted by Crippen LogP contribution is 2.48. The summed E-state index contributed by atoms with van der Waals surface area (Å²) in [6.07, 6.45) is -3.15. The Kier molecular flexibility index (Phi) is 12.4. The summed E-state index contributed by atoms with van der Waals surface area (Å²) in [7, 11) is 0. The minimum atomic E-state index is -2.44. The van der Waals surface area contributed by atoms with Crippen LogP contribution in [0.25, 0.3) is 11.0 Å². The average Bonchev–Trinajstić information content (AvgIpc) is 3.77. The van der Waals surface area contributed by atoms with Crippen LogP contribution in [0.5, 0.6) is 0 Å². The lowest BCUT2D eigenvalue weighted by atomic mass is 9.91. The van der Waals surface area contributed by atoms with E-state index in [0.717, 1.165) is 6.42 Å². The minimum Gasteiger partial charge on any atom is -0.457 e. The van der Waals surface area contributed by atoms with Crippen molar-refractivity contribution >= 4 is 58.2 Å². The number of aromatic nitrogens is 4. The number of benzene rings is 1. The summed E-state index contributed by atoms with van der Waals surface area (Å²) >= 11 is 6.34. The molecule has 4 atom stereocenters. The first-order chi connectivity index (χ1) is 28.2. The van der Waals surface area contributed by atoms with Crippen LogP contribution in [0.1, 0.15) is 94.4 Å². The van der Waals surface area contributed by atoms with Gasteiger partial charge < -0.3 is 43.6 Å². The molecule has 334 valence electrons. The van der Waals surface area contributed by atoms with Gasteiger partial charge in [-0.05, 0) is 112 Å². The van der Waals surface area contributed by atoms with Crippen molar-refractivity contribution in [2.45, 2.75) is 141 Å². The van der Waals surface area contributed by atoms with Crippen LogP contribution in [-0.4, -0.2) is 121 Å². The number of fused-ring (bicyclic) bond motifs is 1. The fourth-order valence-corrected chi connectivity index (χ4v) is 7.31. The van der Waals surface area contributed by atoms with E-state index in [9.17, 15) is 24.3 Å². The third-order valence-corrected chi connectivity index (χ3v) is 9.88. The monoisotopic (exact) mass is 873 g/mol. The molecule has 3 aliphatic heterocycles. The Morgan fingerprint density at radius 1 is 0.967 bits per heavy atom. The summed E-state index contributed by atoms with van der Waals surface area (Å²) in [5.74, 6) is -3.29. The van der Waals surface area contributed by atoms with Gasteiger partial charge in [0.15, 0.2) is 29.1 Å². The van der Waals surface area contributed by atoms with E-state index in [0.29, 0.717) is 24.3 Å². The SMILES string of the molecule is CC(C)(C)OC(=O)Nc1nc(Cl)nc2c1cnn2[C@@H]1O[C@H](COC(Cc2ccc(N3CCCNC3=O)cc2)(C(=O)OC(C)(C)C)C(=O)OC(C)(C)C)C2(COC(C)(C)O2)[C@H]1O. The second-order valence-corrected chi connectivity index (χ2v) is 19.1. The van der Waals surface area contributed by atoms with Gasteiger partial charge in [0.1, 0.15) is 29.0 Å². The maximum Gasteiger partial charge on any atom is 0.413 e. The molecule has 3 aromatic rings. The highest BCUT2D eigenvalue weighted by molar-refractivity contribution is 6.28. The van der Waals surface area contributed by atoms with Gasteiger partial charge in [0.05, 0.1) is 24.8 Å². The van der Waals surface area contributed by atoms with E-state index < -0.39 is 76.9 Å². The average molecular weight is 874 g/mol. The zero-order valence-corrected chi connectivity index (χ0v) is 37.2. The number of esters is 2. The summed E-state index contributed by atoms with van der Waals surface area (Å²) in [5.41, 5.74) is -5.87. The van der Waals surface area contributed by atoms with Gasteiger partial charge in [-0.1, -0.05) is 12.1 Å². The van der Waals surface area contributed by atoms with Crippen molar-refractivity contribution in [2.24, 2.45) is 0 Å². The van der Waals surface area contributed by atoms with Crippen molar-refractivity contribution < 1.29 is 57.4 Å². The number of aliphatic hydroxyl groups excluding tert-OH is 1. The lowest BCUT2D eigenvalue weighted by Crippen LogP contribution is -2.58. The molecule has 61 heavy (non-hydrogen) atoms. The van der Waals surface area contributed by atoms with Gasteiger partial charge in [-0.15, -0.1) is 0 Å². The zero-order chi connectivity index (χ0) is 44.9. The molecule has 3 aliphatic rings. The van der Waals surface area contributed by atoms with Crippen molar-refractivity contribution in [1.29, 1.82) is 0 Å². The molecule has 6 rings (SSSR count). The van der Waals surface area contributed by atoms with E-state index in [2.05, 4.69) is 25.7 Å². The normalized spacial score (nSPS) is 23.3. The first-order valence-corrected chi connectivity index (χ1v) is 20.4. The Morgan fingerprint density at radius 2 is 1.59 bits per heavy atom. The van der Waals surface area contributed by atoms with E-state index in [1.807, 2.05) is 0 Å². The summed E-state index contributed by atoms with van der Waals surface area (Å²) in [6.45, 7) is 18.7. The number of nitrogens with one attached hydrogen (secondary N) is 2. The maximum absolute atomic E-state index is 14.5. The van der Waals surface area contributed by atoms with Crippen LogP contribution < -0.4 is 15.5 Å². The van der Waals surface area contributed by atoms with Gasteiger partial charge in [0, 0.05) is 25.2 Å². The fraction of sp³-hybridized carbons (Fsp3) is 0.634. The number of rotatable bonds is 10. The molecule has 1 aromatic carbocycles. The van der Waals surface area contributed by atoms with Crippen molar-refractivity contribution in [3.63, 3.8) is 0 Å². The highest BCUT2D eigenvalue weighted by atomic mass is 35.5. The van der Waals surface area contributed by atoms with Crippen molar-refractivity contribution in [3.05, 3.63) is 41.3 Å². The molecule has 0 saturated carbocycles. The molecule has 0 aliphatic carbocycles. The third-order valence-electron chi connectivity index (χ3n) is 9.71. The molecular formula is C41H56ClN7O12. The molecule has 0 radical (unpaired) electrons. The quantitative estimate of drug-likeness (QED) is 0.103. The van der Waals surface area contributed by atoms with Gasteiger partial charge in [0.2, 0.25) is 5.28 Å². The number of amides is 3. The Hall–Kier alpha value is -4.66. The Bertz CT molecular complexity index is 2120. The van der Waals surface area contributed by atoms with Crippen LogP contribution in [0.3, 0.4) is 0 Å². The smallest absolute Gasteiger partial charge is 0.413 e. The van der Waals surface area contributed by atoms with Crippen LogP contribution in [0.15, 0.2) is 30.5 Å². The summed E-state index contributed by atoms with van der Waals surface area (Å²) in [6, 6.07) is 6.58. The van der Waals surface area contributed by atoms with E-state index in [1.54, 1.807) is 105 Å². The summed E-state index contributed by atoms with van der Waals surface area (Å²) < 4.78 is 43.9. The lowest BCUT2D eigenvalue weighted by Gasteiger charge is -2.37. The molecule has 20 heteroatoms. The van der Waals surface area contributed by atoms with Gasteiger partial charge in [-0.25, -0.2) is 23.9 Å². The van der Waals surface area contributed by atoms with Crippen LogP contribution in [-0.2, 0) is 49.2 Å². The molecular weight excluding hydrogens is 818 g/mol. The van der Waals surface area contributed by atoms with E-state index in [4.69, 9.17) is 44.8 Å². The van der Waals surface area contributed by atoms with Crippen molar-refractivity contribution in [3.8, 4) is 0 Å². The summed E-state index contributed by atoms with van der Waals surface area (Å²) in [5, 5.41) is 22.0. The van der Waals surface area contributed by atoms with Crippen molar-refractivity contribution in [2.75, 3.05) is 36.5 Å². The second-order valence-electron chi connectivity index (χ2n) is 18.7. The third kappa shape index (κ3) is 10.2. The first kappa shape index (κ1) is 45.9. The van der Waals surface area contributed by atoms with Crippen LogP contribution in [0.4, 0.5) is 21.1 Å². The first-order valence-electron chi connectivity index (χ1n) is 20.0. The maximum atomic E-state index is 14.5. The van der Waals surface area contributed by atoms with Gasteiger partial charge >= 0.3 is 24.1 Å². The van der Waals surface area contributed by atoms with Crippen LogP contribution >= 0.6 is 11.6 Å². The van der Waals surface area contributed by atoms with Crippen molar-refractivity contribution in [1.82, 2.24) is 25.1 Å². The Morgan fingerprint density at radius 3 is 2.15 bits per heavy atom. The van der Waals surface area contributed by atoms with Gasteiger partial charge in [-0.2, -0.15) is 15.1 Å². The number of carbonyl (C=O) groups is 4. The molecule has 2 aromatic heterocycles. The molecule has 3 saturated heterocycles. The highest BCUT2D eigenvalue weighted by Gasteiger charge is 2.65. The summed E-state index contributed by atoms with van der Waals surface area (Å²) in [4.78, 5) is 64.5. The van der Waals surface area contributed by atoms with E-state index >= 15 is 0 Å². The number of halogens is 1. The molecule has 0 bridgehead atoms. The number of urea groups is 1. The van der Waals surface area contributed by atoms with Gasteiger partial charge in [-0.3, -0.25) is 10.2 Å². The molecule has 3 N–H and O–H groups in total. The number of aliphatic hydroxyl groups is 1. The standard InChI is InChI=1S/C41H56ClN7O12/c1-36(2,3)58-31(51)40(32(52)59-37(4,5)6,19-23-13-15-24(16-14-23)48-18-12-17-43-34(48)53)55-21-26-41(22-56-39(10,11)61-41)27(50)30(57-26)49-29-25(20-44-49)28(45-33(42)47-29)46-35(54)60-38(7,8)9/h13-16,20,26-27,30,50H,12,17-19,21-22H2,1-11H3,(H,43,53)(H,45,46,47,54)/t26-,27+,30-,41?/m1/s1. The topological polar surface area (TPSA) is 224 Å². The number of anilines is 2. The second kappa shape index (κ2) is 16.6. The molecule has 5 heterocycles. The predicted molar refractivity (Wildman–Crippen MR) is 220 cm³/mol. The molecule has 1 unspecified atom stereocenters. The van der Waals surface area contributed by atoms with Gasteiger partial charge in [0.25, 0.3) is 5.60 Å². The predicted octanol–water partition coefficient (Wildman–Crippen LogP) is 5.21. The number of hydrogen-bond acceptors (Lipinski definition) is 15. The minimum absolute atomic E-state index is 0.00843. The molecule has 3 amide bonds. The van der Waals surface area contributed by atoms with Crippen LogP contribution in [0, 0.1) is 0 Å². The molecule has 3 fully saturated rings.